The molecule has 19 heavy (non-hydrogen) atoms. The normalized spacial score (nSPS) is 20.7. The summed E-state index contributed by atoms with van der Waals surface area (Å²) < 4.78 is 22.8. The number of nitrogens with two attached hydrogens (primary N) is 1. The van der Waals surface area contributed by atoms with E-state index in [0.717, 1.165) is 16.6 Å². The highest BCUT2D eigenvalue weighted by molar-refractivity contribution is 7.94. The first kappa shape index (κ1) is 12.0. The van der Waals surface area contributed by atoms with Crippen molar-refractivity contribution in [1.29, 1.82) is 0 Å². The molecule has 3 rings (SSSR count). The third-order valence-electron chi connectivity index (χ3n) is 3.04. The second-order valence-electron chi connectivity index (χ2n) is 4.54. The van der Waals surface area contributed by atoms with Gasteiger partial charge in [0, 0.05) is 28.4 Å². The third-order valence-corrected chi connectivity index (χ3v) is 4.43. The number of sulfone groups is 1. The third kappa shape index (κ3) is 2.39. The minimum absolute atomic E-state index is 0.0891. The van der Waals surface area contributed by atoms with E-state index in [-0.39, 0.29) is 11.8 Å². The summed E-state index contributed by atoms with van der Waals surface area (Å²) in [6.07, 6.45) is 3.34. The van der Waals surface area contributed by atoms with Crippen molar-refractivity contribution in [1.82, 2.24) is 4.98 Å². The summed E-state index contributed by atoms with van der Waals surface area (Å²) in [7, 11) is -3.05. The minimum atomic E-state index is -3.05. The monoisotopic (exact) mass is 275 g/mol. The molecule has 0 saturated heterocycles. The van der Waals surface area contributed by atoms with Gasteiger partial charge in [0.15, 0.2) is 9.84 Å². The molecule has 0 radical (unpaired) electrons. The molecular weight excluding hydrogens is 262 g/mol. The van der Waals surface area contributed by atoms with Crippen molar-refractivity contribution in [3.05, 3.63) is 41.9 Å². The lowest BCUT2D eigenvalue weighted by Gasteiger charge is -2.13. The van der Waals surface area contributed by atoms with Crippen molar-refractivity contribution >= 4 is 32.1 Å². The largest absolute Gasteiger partial charge is 0.399 e. The number of hydrogen-bond donors (Lipinski definition) is 2. The van der Waals surface area contributed by atoms with Crippen LogP contribution in [-0.4, -0.2) is 25.2 Å². The first-order chi connectivity index (χ1) is 9.03. The van der Waals surface area contributed by atoms with Gasteiger partial charge in [0.25, 0.3) is 0 Å². The SMILES string of the molecule is Nc1ccc2c(NC3C=CS(=O)(=O)C3)ccnc2c1. The molecule has 6 heteroatoms. The van der Waals surface area contributed by atoms with E-state index >= 15 is 0 Å². The Morgan fingerprint density at radius 2 is 2.16 bits per heavy atom. The first-order valence-corrected chi connectivity index (χ1v) is 7.57. The van der Waals surface area contributed by atoms with Crippen LogP contribution < -0.4 is 11.1 Å². The van der Waals surface area contributed by atoms with Crippen LogP contribution in [0.2, 0.25) is 0 Å². The van der Waals surface area contributed by atoms with E-state index in [1.54, 1.807) is 24.4 Å². The number of pyridine rings is 1. The van der Waals surface area contributed by atoms with Gasteiger partial charge in [0.05, 0.1) is 17.3 Å². The lowest BCUT2D eigenvalue weighted by molar-refractivity contribution is 0.605. The molecule has 1 unspecified atom stereocenters. The van der Waals surface area contributed by atoms with Gasteiger partial charge in [-0.05, 0) is 24.3 Å². The molecule has 1 aromatic heterocycles. The van der Waals surface area contributed by atoms with Crippen LogP contribution in [0, 0.1) is 0 Å². The molecule has 2 heterocycles. The van der Waals surface area contributed by atoms with E-state index in [4.69, 9.17) is 5.73 Å². The lowest BCUT2D eigenvalue weighted by Crippen LogP contribution is -2.21. The molecule has 1 aliphatic rings. The molecule has 1 aliphatic heterocycles. The Morgan fingerprint density at radius 3 is 2.89 bits per heavy atom. The van der Waals surface area contributed by atoms with Crippen LogP contribution in [0.4, 0.5) is 11.4 Å². The Hall–Kier alpha value is -2.08. The van der Waals surface area contributed by atoms with Crippen LogP contribution in [0.15, 0.2) is 41.9 Å². The Bertz CT molecular complexity index is 769. The molecule has 98 valence electrons. The Kier molecular flexibility index (Phi) is 2.67. The number of aromatic nitrogens is 1. The van der Waals surface area contributed by atoms with Crippen LogP contribution in [0.1, 0.15) is 0 Å². The Balaban J connectivity index is 1.96. The van der Waals surface area contributed by atoms with Crippen molar-refractivity contribution < 1.29 is 8.42 Å². The van der Waals surface area contributed by atoms with E-state index < -0.39 is 9.84 Å². The molecule has 0 fully saturated rings. The highest BCUT2D eigenvalue weighted by atomic mass is 32.2. The topological polar surface area (TPSA) is 85.1 Å². The standard InChI is InChI=1S/C13H13N3O2S/c14-9-1-2-11-12(3-5-15-13(11)7-9)16-10-4-6-19(17,18)8-10/h1-7,10H,8,14H2,(H,15,16). The highest BCUT2D eigenvalue weighted by Gasteiger charge is 2.21. The van der Waals surface area contributed by atoms with E-state index in [1.807, 2.05) is 12.1 Å². The number of nitrogens with one attached hydrogen (secondary N) is 1. The smallest absolute Gasteiger partial charge is 0.173 e. The van der Waals surface area contributed by atoms with E-state index in [0.29, 0.717) is 5.69 Å². The maximum Gasteiger partial charge on any atom is 0.173 e. The van der Waals surface area contributed by atoms with Gasteiger partial charge in [-0.15, -0.1) is 0 Å². The zero-order valence-electron chi connectivity index (χ0n) is 10.1. The van der Waals surface area contributed by atoms with Crippen molar-refractivity contribution in [2.45, 2.75) is 6.04 Å². The summed E-state index contributed by atoms with van der Waals surface area (Å²) in [5.41, 5.74) is 8.02. The molecule has 1 atom stereocenters. The molecule has 1 aromatic carbocycles. The molecule has 2 aromatic rings. The van der Waals surface area contributed by atoms with Crippen molar-refractivity contribution in [3.8, 4) is 0 Å². The fourth-order valence-electron chi connectivity index (χ4n) is 2.16. The number of hydrogen-bond acceptors (Lipinski definition) is 5. The summed E-state index contributed by atoms with van der Waals surface area (Å²) in [5.74, 6) is 0.0891. The van der Waals surface area contributed by atoms with Gasteiger partial charge in [-0.2, -0.15) is 0 Å². The van der Waals surface area contributed by atoms with Gasteiger partial charge in [0.1, 0.15) is 0 Å². The zero-order valence-corrected chi connectivity index (χ0v) is 10.9. The first-order valence-electron chi connectivity index (χ1n) is 5.85. The lowest BCUT2D eigenvalue weighted by atomic mass is 10.1. The summed E-state index contributed by atoms with van der Waals surface area (Å²) in [6.45, 7) is 0. The fourth-order valence-corrected chi connectivity index (χ4v) is 3.39. The van der Waals surface area contributed by atoms with E-state index in [2.05, 4.69) is 10.3 Å². The summed E-state index contributed by atoms with van der Waals surface area (Å²) in [4.78, 5) is 4.25. The van der Waals surface area contributed by atoms with Crippen molar-refractivity contribution in [3.63, 3.8) is 0 Å². The number of nitrogens with zero attached hydrogens (tertiary/aromatic N) is 1. The van der Waals surface area contributed by atoms with Gasteiger partial charge in [-0.3, -0.25) is 4.98 Å². The van der Waals surface area contributed by atoms with Gasteiger partial charge in [-0.1, -0.05) is 6.08 Å². The average Bonchev–Trinajstić information content (AvgIpc) is 2.68. The van der Waals surface area contributed by atoms with Crippen LogP contribution >= 0.6 is 0 Å². The molecule has 0 amide bonds. The maximum absolute atomic E-state index is 11.4. The highest BCUT2D eigenvalue weighted by Crippen LogP contribution is 2.25. The number of nitrogen functional groups attached to an aromatic ring is 1. The number of rotatable bonds is 2. The minimum Gasteiger partial charge on any atom is -0.399 e. The van der Waals surface area contributed by atoms with Gasteiger partial charge in [0.2, 0.25) is 0 Å². The van der Waals surface area contributed by atoms with E-state index in [1.165, 1.54) is 5.41 Å². The molecule has 0 bridgehead atoms. The van der Waals surface area contributed by atoms with Gasteiger partial charge in [-0.25, -0.2) is 8.42 Å². The zero-order chi connectivity index (χ0) is 13.5. The van der Waals surface area contributed by atoms with Gasteiger partial charge < -0.3 is 11.1 Å². The number of benzene rings is 1. The summed E-state index contributed by atoms with van der Waals surface area (Å²) >= 11 is 0. The fraction of sp³-hybridized carbons (Fsp3) is 0.154. The summed E-state index contributed by atoms with van der Waals surface area (Å²) in [5, 5.41) is 5.39. The Labute approximate surface area is 111 Å². The van der Waals surface area contributed by atoms with Crippen LogP contribution in [0.3, 0.4) is 0 Å². The summed E-state index contributed by atoms with van der Waals surface area (Å²) in [6, 6.07) is 7.11. The van der Waals surface area contributed by atoms with Crippen molar-refractivity contribution in [2.75, 3.05) is 16.8 Å². The second kappa shape index (κ2) is 4.24. The van der Waals surface area contributed by atoms with Gasteiger partial charge >= 0.3 is 0 Å². The predicted molar refractivity (Wildman–Crippen MR) is 76.5 cm³/mol. The number of fused-ring (bicyclic) bond motifs is 1. The molecule has 3 N–H and O–H groups in total. The van der Waals surface area contributed by atoms with Crippen LogP contribution in [0.5, 0.6) is 0 Å². The molecule has 0 spiro atoms. The van der Waals surface area contributed by atoms with Crippen molar-refractivity contribution in [2.24, 2.45) is 0 Å². The molecular formula is C13H13N3O2S. The van der Waals surface area contributed by atoms with E-state index in [9.17, 15) is 8.42 Å². The average molecular weight is 275 g/mol. The molecule has 5 nitrogen and oxygen atoms in total. The quantitative estimate of drug-likeness (QED) is 0.812. The Morgan fingerprint density at radius 1 is 1.32 bits per heavy atom. The predicted octanol–water partition coefficient (Wildman–Crippen LogP) is 1.54. The van der Waals surface area contributed by atoms with Crippen LogP contribution in [-0.2, 0) is 9.84 Å². The maximum atomic E-state index is 11.4. The number of anilines is 2. The molecule has 0 aliphatic carbocycles. The second-order valence-corrected chi connectivity index (χ2v) is 6.48. The molecule has 0 saturated carbocycles. The van der Waals surface area contributed by atoms with Crippen LogP contribution in [0.25, 0.3) is 10.9 Å².